The first-order chi connectivity index (χ1) is 10.2. The molecule has 0 aliphatic heterocycles. The zero-order valence-corrected chi connectivity index (χ0v) is 11.1. The molecule has 0 saturated heterocycles. The van der Waals surface area contributed by atoms with E-state index in [1.54, 1.807) is 35.0 Å². The van der Waals surface area contributed by atoms with Crippen molar-refractivity contribution < 1.29 is 15.0 Å². The summed E-state index contributed by atoms with van der Waals surface area (Å²) in [6.07, 6.45) is 1.65. The molecule has 0 amide bonds. The molecule has 3 aromatic rings. The number of hydrogen-bond donors (Lipinski definition) is 2. The Morgan fingerprint density at radius 2 is 1.57 bits per heavy atom. The van der Waals surface area contributed by atoms with Gasteiger partial charge in [-0.2, -0.15) is 0 Å². The second-order valence-corrected chi connectivity index (χ2v) is 4.61. The maximum atomic E-state index is 11.4. The Morgan fingerprint density at radius 3 is 2.24 bits per heavy atom. The lowest BCUT2D eigenvalue weighted by molar-refractivity contribution is 0.0698. The fourth-order valence-electron chi connectivity index (χ4n) is 2.36. The largest absolute Gasteiger partial charge is 0.506 e. The summed E-state index contributed by atoms with van der Waals surface area (Å²) in [5, 5.41) is 19.4. The van der Waals surface area contributed by atoms with Gasteiger partial charge in [-0.05, 0) is 23.8 Å². The molecule has 4 heteroatoms. The van der Waals surface area contributed by atoms with E-state index in [1.807, 2.05) is 30.3 Å². The zero-order valence-electron chi connectivity index (χ0n) is 11.1. The molecule has 0 spiro atoms. The monoisotopic (exact) mass is 279 g/mol. The molecule has 3 rings (SSSR count). The van der Waals surface area contributed by atoms with E-state index in [9.17, 15) is 15.0 Å². The van der Waals surface area contributed by atoms with Gasteiger partial charge in [0.05, 0.1) is 16.9 Å². The van der Waals surface area contributed by atoms with Crippen molar-refractivity contribution in [3.63, 3.8) is 0 Å². The lowest BCUT2D eigenvalue weighted by Crippen LogP contribution is -2.01. The van der Waals surface area contributed by atoms with Crippen LogP contribution in [0.1, 0.15) is 10.4 Å². The minimum absolute atomic E-state index is 0.0993. The molecule has 1 heterocycles. The second kappa shape index (κ2) is 5.17. The molecule has 0 fully saturated rings. The summed E-state index contributed by atoms with van der Waals surface area (Å²) >= 11 is 0. The Labute approximate surface area is 121 Å². The van der Waals surface area contributed by atoms with Gasteiger partial charge in [0.15, 0.2) is 0 Å². The first-order valence-corrected chi connectivity index (χ1v) is 6.47. The Hall–Kier alpha value is -3.01. The molecule has 0 aliphatic carbocycles. The number of para-hydroxylation sites is 2. The van der Waals surface area contributed by atoms with E-state index in [2.05, 4.69) is 0 Å². The third kappa shape index (κ3) is 2.27. The van der Waals surface area contributed by atoms with Gasteiger partial charge in [-0.25, -0.2) is 4.79 Å². The highest BCUT2D eigenvalue weighted by Crippen LogP contribution is 2.31. The Morgan fingerprint density at radius 1 is 0.905 bits per heavy atom. The van der Waals surface area contributed by atoms with Crippen LogP contribution in [0.25, 0.3) is 16.9 Å². The quantitative estimate of drug-likeness (QED) is 0.770. The Bertz CT molecular complexity index is 791. The van der Waals surface area contributed by atoms with Crippen LogP contribution in [0.2, 0.25) is 0 Å². The average molecular weight is 279 g/mol. The van der Waals surface area contributed by atoms with Crippen LogP contribution in [0, 0.1) is 0 Å². The van der Waals surface area contributed by atoms with Crippen molar-refractivity contribution in [2.24, 2.45) is 0 Å². The fourth-order valence-corrected chi connectivity index (χ4v) is 2.36. The summed E-state index contributed by atoms with van der Waals surface area (Å²) in [5.74, 6) is -0.898. The van der Waals surface area contributed by atoms with Crippen LogP contribution < -0.4 is 0 Å². The van der Waals surface area contributed by atoms with E-state index in [0.717, 1.165) is 5.56 Å². The summed E-state index contributed by atoms with van der Waals surface area (Å²) in [4.78, 5) is 11.4. The maximum Gasteiger partial charge on any atom is 0.337 e. The Kier molecular flexibility index (Phi) is 3.20. The van der Waals surface area contributed by atoms with Gasteiger partial charge in [-0.15, -0.1) is 0 Å². The second-order valence-electron chi connectivity index (χ2n) is 4.61. The molecular formula is C17H13NO3. The van der Waals surface area contributed by atoms with Crippen molar-refractivity contribution in [2.45, 2.75) is 0 Å². The van der Waals surface area contributed by atoms with Crippen LogP contribution in [-0.2, 0) is 0 Å². The molecule has 2 aromatic carbocycles. The lowest BCUT2D eigenvalue weighted by atomic mass is 10.1. The van der Waals surface area contributed by atoms with Gasteiger partial charge in [-0.1, -0.05) is 42.5 Å². The zero-order chi connectivity index (χ0) is 14.8. The fraction of sp³-hybridized carbons (Fsp3) is 0. The summed E-state index contributed by atoms with van der Waals surface area (Å²) in [6.45, 7) is 0. The van der Waals surface area contributed by atoms with Gasteiger partial charge in [0, 0.05) is 6.20 Å². The minimum atomic E-state index is -0.997. The van der Waals surface area contributed by atoms with E-state index in [-0.39, 0.29) is 11.3 Å². The Balaban J connectivity index is 2.28. The molecule has 0 saturated carbocycles. The number of carbonyl (C=O) groups is 1. The molecule has 0 radical (unpaired) electrons. The normalized spacial score (nSPS) is 10.5. The van der Waals surface area contributed by atoms with Gasteiger partial charge in [0.1, 0.15) is 5.75 Å². The number of phenolic OH excluding ortho intramolecular Hbond substituents is 1. The number of aromatic carboxylic acids is 1. The molecule has 21 heavy (non-hydrogen) atoms. The number of nitrogens with zero attached hydrogens (tertiary/aromatic N) is 1. The van der Waals surface area contributed by atoms with E-state index in [0.29, 0.717) is 11.4 Å². The maximum absolute atomic E-state index is 11.4. The number of rotatable bonds is 3. The van der Waals surface area contributed by atoms with Crippen LogP contribution in [0.4, 0.5) is 0 Å². The number of benzene rings is 2. The molecule has 0 aliphatic rings. The molecule has 1 aromatic heterocycles. The van der Waals surface area contributed by atoms with Crippen LogP contribution >= 0.6 is 0 Å². The van der Waals surface area contributed by atoms with E-state index in [1.165, 1.54) is 6.07 Å². The number of phenols is 1. The highest BCUT2D eigenvalue weighted by atomic mass is 16.4. The third-order valence-electron chi connectivity index (χ3n) is 3.31. The standard InChI is InChI=1S/C17H13NO3/c19-15-9-5-4-8-14(15)18-11-10-13(17(20)21)16(18)12-6-2-1-3-7-12/h1-11,19H,(H,20,21). The molecule has 0 bridgehead atoms. The molecule has 104 valence electrons. The summed E-state index contributed by atoms with van der Waals surface area (Å²) in [6, 6.07) is 17.6. The van der Waals surface area contributed by atoms with Crippen LogP contribution in [0.5, 0.6) is 5.75 Å². The SMILES string of the molecule is O=C(O)c1ccn(-c2ccccc2O)c1-c1ccccc1. The van der Waals surface area contributed by atoms with E-state index >= 15 is 0 Å². The number of hydrogen-bond acceptors (Lipinski definition) is 2. The van der Waals surface area contributed by atoms with Crippen molar-refractivity contribution >= 4 is 5.97 Å². The van der Waals surface area contributed by atoms with Crippen LogP contribution in [-0.4, -0.2) is 20.7 Å². The number of carboxylic acid groups (broad SMARTS) is 1. The molecule has 0 atom stereocenters. The first kappa shape index (κ1) is 13.0. The molecule has 0 unspecified atom stereocenters. The topological polar surface area (TPSA) is 62.5 Å². The van der Waals surface area contributed by atoms with Gasteiger partial charge in [-0.3, -0.25) is 0 Å². The van der Waals surface area contributed by atoms with Crippen molar-refractivity contribution in [3.8, 4) is 22.7 Å². The lowest BCUT2D eigenvalue weighted by Gasteiger charge is -2.12. The molecule has 4 nitrogen and oxygen atoms in total. The van der Waals surface area contributed by atoms with Crippen molar-refractivity contribution in [3.05, 3.63) is 72.4 Å². The van der Waals surface area contributed by atoms with Crippen LogP contribution in [0.3, 0.4) is 0 Å². The average Bonchev–Trinajstić information content (AvgIpc) is 2.93. The smallest absolute Gasteiger partial charge is 0.337 e. The van der Waals surface area contributed by atoms with Crippen molar-refractivity contribution in [2.75, 3.05) is 0 Å². The van der Waals surface area contributed by atoms with Gasteiger partial charge < -0.3 is 14.8 Å². The third-order valence-corrected chi connectivity index (χ3v) is 3.31. The van der Waals surface area contributed by atoms with Gasteiger partial charge >= 0.3 is 5.97 Å². The summed E-state index contributed by atoms with van der Waals surface area (Å²) in [7, 11) is 0. The van der Waals surface area contributed by atoms with Gasteiger partial charge in [0.25, 0.3) is 0 Å². The number of carboxylic acids is 1. The molecule has 2 N–H and O–H groups in total. The predicted octanol–water partition coefficient (Wildman–Crippen LogP) is 3.55. The number of aromatic hydroxyl groups is 1. The highest BCUT2D eigenvalue weighted by Gasteiger charge is 2.18. The summed E-state index contributed by atoms with van der Waals surface area (Å²) < 4.78 is 1.69. The first-order valence-electron chi connectivity index (χ1n) is 6.47. The summed E-state index contributed by atoms with van der Waals surface area (Å²) in [5.41, 5.74) is 2.07. The predicted molar refractivity (Wildman–Crippen MR) is 79.8 cm³/mol. The van der Waals surface area contributed by atoms with Crippen LogP contribution in [0.15, 0.2) is 66.9 Å². The minimum Gasteiger partial charge on any atom is -0.506 e. The van der Waals surface area contributed by atoms with Crippen molar-refractivity contribution in [1.82, 2.24) is 4.57 Å². The highest BCUT2D eigenvalue weighted by molar-refractivity contribution is 5.95. The van der Waals surface area contributed by atoms with E-state index in [4.69, 9.17) is 0 Å². The molecular weight excluding hydrogens is 266 g/mol. The van der Waals surface area contributed by atoms with Gasteiger partial charge in [0.2, 0.25) is 0 Å². The number of aromatic nitrogens is 1. The van der Waals surface area contributed by atoms with Crippen molar-refractivity contribution in [1.29, 1.82) is 0 Å². The van der Waals surface area contributed by atoms with E-state index < -0.39 is 5.97 Å².